The molecule has 1 aromatic carbocycles. The molecule has 0 bridgehead atoms. The van der Waals surface area contributed by atoms with Crippen LogP contribution < -0.4 is 10.5 Å². The van der Waals surface area contributed by atoms with E-state index in [0.29, 0.717) is 5.02 Å². The molecule has 0 radical (unpaired) electrons. The molecule has 2 atom stereocenters. The molecule has 5 nitrogen and oxygen atoms in total. The molecule has 0 saturated heterocycles. The molecule has 0 amide bonds. The summed E-state index contributed by atoms with van der Waals surface area (Å²) >= 11 is 6.01. The fourth-order valence-electron chi connectivity index (χ4n) is 2.47. The molecular formula is C13H19ClN2O3S. The average Bonchev–Trinajstić information content (AvgIpc) is 2.85. The van der Waals surface area contributed by atoms with Crippen molar-refractivity contribution in [3.8, 4) is 0 Å². The minimum Gasteiger partial charge on any atom is -0.380 e. The summed E-state index contributed by atoms with van der Waals surface area (Å²) in [6, 6.07) is 4.41. The van der Waals surface area contributed by atoms with Crippen LogP contribution in [0.4, 0.5) is 0 Å². The Morgan fingerprint density at radius 2 is 2.20 bits per heavy atom. The summed E-state index contributed by atoms with van der Waals surface area (Å²) in [5.41, 5.74) is 6.24. The lowest BCUT2D eigenvalue weighted by molar-refractivity contribution is 0.0916. The van der Waals surface area contributed by atoms with Crippen molar-refractivity contribution in [1.29, 1.82) is 0 Å². The fourth-order valence-corrected chi connectivity index (χ4v) is 4.12. The van der Waals surface area contributed by atoms with Gasteiger partial charge in [0.1, 0.15) is 0 Å². The minimum absolute atomic E-state index is 0.0661. The van der Waals surface area contributed by atoms with E-state index in [1.54, 1.807) is 13.2 Å². The van der Waals surface area contributed by atoms with Gasteiger partial charge in [0.25, 0.3) is 0 Å². The lowest BCUT2D eigenvalue weighted by atomic mass is 10.2. The highest BCUT2D eigenvalue weighted by Gasteiger charge is 2.31. The summed E-state index contributed by atoms with van der Waals surface area (Å²) in [5.74, 6) is 0. The number of hydrogen-bond donors (Lipinski definition) is 2. The van der Waals surface area contributed by atoms with Crippen LogP contribution in [0.3, 0.4) is 0 Å². The van der Waals surface area contributed by atoms with E-state index in [1.165, 1.54) is 12.1 Å². The summed E-state index contributed by atoms with van der Waals surface area (Å²) in [7, 11) is -1.99. The van der Waals surface area contributed by atoms with Gasteiger partial charge in [0, 0.05) is 24.7 Å². The highest BCUT2D eigenvalue weighted by Crippen LogP contribution is 2.25. The number of nitrogens with one attached hydrogen (secondary N) is 1. The first-order valence-electron chi connectivity index (χ1n) is 6.51. The van der Waals surface area contributed by atoms with Crippen LogP contribution in [0.1, 0.15) is 24.8 Å². The molecule has 2 rings (SSSR count). The van der Waals surface area contributed by atoms with Gasteiger partial charge in [-0.25, -0.2) is 13.1 Å². The predicted molar refractivity (Wildman–Crippen MR) is 78.1 cm³/mol. The Kier molecular flexibility index (Phi) is 5.04. The van der Waals surface area contributed by atoms with Crippen molar-refractivity contribution < 1.29 is 13.2 Å². The van der Waals surface area contributed by atoms with Crippen molar-refractivity contribution >= 4 is 21.6 Å². The van der Waals surface area contributed by atoms with Gasteiger partial charge in [-0.05, 0) is 37.0 Å². The molecule has 0 aliphatic heterocycles. The van der Waals surface area contributed by atoms with Crippen LogP contribution in [-0.4, -0.2) is 27.7 Å². The lowest BCUT2D eigenvalue weighted by Gasteiger charge is -2.19. The third kappa shape index (κ3) is 3.32. The van der Waals surface area contributed by atoms with Gasteiger partial charge < -0.3 is 10.5 Å². The van der Waals surface area contributed by atoms with Gasteiger partial charge >= 0.3 is 0 Å². The molecule has 2 unspecified atom stereocenters. The number of nitrogens with two attached hydrogens (primary N) is 1. The minimum atomic E-state index is -3.59. The second kappa shape index (κ2) is 6.41. The third-order valence-electron chi connectivity index (χ3n) is 3.62. The second-order valence-electron chi connectivity index (χ2n) is 4.89. The van der Waals surface area contributed by atoms with Crippen molar-refractivity contribution in [2.45, 2.75) is 42.8 Å². The Labute approximate surface area is 124 Å². The standard InChI is InChI=1S/C13H19ClN2O3S/c1-19-13-4-2-3-12(13)16-20(17,18)10-6-5-9(8-15)11(14)7-10/h5-7,12-13,16H,2-4,8,15H2,1H3. The van der Waals surface area contributed by atoms with E-state index in [1.807, 2.05) is 0 Å². The highest BCUT2D eigenvalue weighted by molar-refractivity contribution is 7.89. The lowest BCUT2D eigenvalue weighted by Crippen LogP contribution is -2.40. The number of hydrogen-bond acceptors (Lipinski definition) is 4. The van der Waals surface area contributed by atoms with E-state index in [0.717, 1.165) is 24.8 Å². The smallest absolute Gasteiger partial charge is 0.240 e. The Bertz CT molecular complexity index is 577. The second-order valence-corrected chi connectivity index (χ2v) is 7.01. The Morgan fingerprint density at radius 1 is 1.45 bits per heavy atom. The summed E-state index contributed by atoms with van der Waals surface area (Å²) in [4.78, 5) is 0.154. The zero-order valence-corrected chi connectivity index (χ0v) is 12.9. The normalized spacial score (nSPS) is 23.1. The first kappa shape index (κ1) is 15.7. The zero-order valence-electron chi connectivity index (χ0n) is 11.3. The molecule has 112 valence electrons. The van der Waals surface area contributed by atoms with Gasteiger partial charge in [0.2, 0.25) is 10.0 Å². The molecule has 1 aliphatic carbocycles. The summed E-state index contributed by atoms with van der Waals surface area (Å²) in [6.45, 7) is 0.279. The molecule has 1 aromatic rings. The van der Waals surface area contributed by atoms with E-state index < -0.39 is 10.0 Å². The van der Waals surface area contributed by atoms with Gasteiger partial charge in [-0.1, -0.05) is 17.7 Å². The van der Waals surface area contributed by atoms with Crippen LogP contribution >= 0.6 is 11.6 Å². The van der Waals surface area contributed by atoms with Gasteiger partial charge in [0.15, 0.2) is 0 Å². The Morgan fingerprint density at radius 3 is 2.80 bits per heavy atom. The van der Waals surface area contributed by atoms with Crippen LogP contribution in [-0.2, 0) is 21.3 Å². The van der Waals surface area contributed by atoms with Crippen LogP contribution in [0.5, 0.6) is 0 Å². The third-order valence-corrected chi connectivity index (χ3v) is 5.46. The number of benzene rings is 1. The topological polar surface area (TPSA) is 81.4 Å². The molecule has 20 heavy (non-hydrogen) atoms. The molecule has 0 aromatic heterocycles. The zero-order chi connectivity index (χ0) is 14.8. The molecule has 1 saturated carbocycles. The first-order chi connectivity index (χ1) is 9.47. The SMILES string of the molecule is COC1CCCC1NS(=O)(=O)c1ccc(CN)c(Cl)c1. The molecule has 1 fully saturated rings. The fraction of sp³-hybridized carbons (Fsp3) is 0.538. The molecule has 0 heterocycles. The quantitative estimate of drug-likeness (QED) is 0.865. The van der Waals surface area contributed by atoms with E-state index >= 15 is 0 Å². The summed E-state index contributed by atoms with van der Waals surface area (Å²) in [6.07, 6.45) is 2.55. The monoisotopic (exact) mass is 318 g/mol. The van der Waals surface area contributed by atoms with Crippen molar-refractivity contribution in [1.82, 2.24) is 4.72 Å². The summed E-state index contributed by atoms with van der Waals surface area (Å²) < 4.78 is 32.7. The van der Waals surface area contributed by atoms with Crippen molar-refractivity contribution in [2.24, 2.45) is 5.73 Å². The predicted octanol–water partition coefficient (Wildman–Crippen LogP) is 1.64. The average molecular weight is 319 g/mol. The maximum Gasteiger partial charge on any atom is 0.240 e. The number of sulfonamides is 1. The molecule has 3 N–H and O–H groups in total. The number of ether oxygens (including phenoxy) is 1. The van der Waals surface area contributed by atoms with E-state index in [9.17, 15) is 8.42 Å². The van der Waals surface area contributed by atoms with E-state index in [4.69, 9.17) is 22.1 Å². The van der Waals surface area contributed by atoms with Gasteiger partial charge in [0.05, 0.1) is 11.0 Å². The largest absolute Gasteiger partial charge is 0.380 e. The maximum absolute atomic E-state index is 12.3. The molecule has 0 spiro atoms. The van der Waals surface area contributed by atoms with Crippen LogP contribution in [0.2, 0.25) is 5.02 Å². The molecule has 1 aliphatic rings. The number of rotatable bonds is 5. The number of methoxy groups -OCH3 is 1. The highest BCUT2D eigenvalue weighted by atomic mass is 35.5. The van der Waals surface area contributed by atoms with E-state index in [2.05, 4.69) is 4.72 Å². The van der Waals surface area contributed by atoms with E-state index in [-0.39, 0.29) is 23.6 Å². The van der Waals surface area contributed by atoms with Crippen molar-refractivity contribution in [3.05, 3.63) is 28.8 Å². The van der Waals surface area contributed by atoms with Gasteiger partial charge in [-0.2, -0.15) is 0 Å². The number of halogens is 1. The Balaban J connectivity index is 2.20. The Hall–Kier alpha value is -0.660. The maximum atomic E-state index is 12.3. The first-order valence-corrected chi connectivity index (χ1v) is 8.37. The molecular weight excluding hydrogens is 300 g/mol. The summed E-state index contributed by atoms with van der Waals surface area (Å²) in [5, 5.41) is 0.366. The van der Waals surface area contributed by atoms with Crippen molar-refractivity contribution in [2.75, 3.05) is 7.11 Å². The van der Waals surface area contributed by atoms with Crippen LogP contribution in [0.25, 0.3) is 0 Å². The van der Waals surface area contributed by atoms with Gasteiger partial charge in [-0.15, -0.1) is 0 Å². The molecule has 7 heteroatoms. The van der Waals surface area contributed by atoms with Crippen LogP contribution in [0, 0.1) is 0 Å². The van der Waals surface area contributed by atoms with Crippen LogP contribution in [0.15, 0.2) is 23.1 Å². The van der Waals surface area contributed by atoms with Crippen molar-refractivity contribution in [3.63, 3.8) is 0 Å². The van der Waals surface area contributed by atoms with Gasteiger partial charge in [-0.3, -0.25) is 0 Å².